The molecule has 0 spiro atoms. The van der Waals surface area contributed by atoms with Gasteiger partial charge in [0.05, 0.1) is 0 Å². The zero-order chi connectivity index (χ0) is 6.57. The van der Waals surface area contributed by atoms with Crippen molar-refractivity contribution in [3.8, 4) is 0 Å². The molecule has 0 aliphatic rings. The van der Waals surface area contributed by atoms with Crippen molar-refractivity contribution in [2.24, 2.45) is 0 Å². The molecule has 3 nitrogen and oxygen atoms in total. The molecule has 0 rings (SSSR count). The number of rotatable bonds is 3. The average Bonchev–Trinajstić information content (AvgIpc) is 1.61. The fraction of sp³-hybridized carbons (Fsp3) is 0.500. The number of hydrogen-bond donors (Lipinski definition) is 0. The summed E-state index contributed by atoms with van der Waals surface area (Å²) in [5.74, 6) is -1.23. The molecule has 0 aliphatic heterocycles. The summed E-state index contributed by atoms with van der Waals surface area (Å²) in [6, 6.07) is 0. The van der Waals surface area contributed by atoms with Gasteiger partial charge < -0.3 is 27.3 Å². The molecular weight excluding hydrogens is 206 g/mol. The molecule has 0 N–H and O–H groups in total. The maximum absolute atomic E-state index is 9.87. The number of carbonyl (C=O) groups is 2. The smallest absolute Gasteiger partial charge is 0.742 e. The summed E-state index contributed by atoms with van der Waals surface area (Å²) in [5.41, 5.74) is 0. The van der Waals surface area contributed by atoms with E-state index in [1.165, 1.54) is 0 Å². The Bertz CT molecular complexity index is 103. The number of aliphatic carboxylic acids is 1. The van der Waals surface area contributed by atoms with Crippen molar-refractivity contribution >= 4 is 23.7 Å². The number of hydrogen-bond acceptors (Lipinski definition) is 4. The molecule has 0 radical (unpaired) electrons. The molecule has 10 heavy (non-hydrogen) atoms. The van der Waals surface area contributed by atoms with Crippen molar-refractivity contribution in [2.75, 3.05) is 0 Å². The van der Waals surface area contributed by atoms with E-state index in [4.69, 9.17) is 0 Å². The molecule has 0 heterocycles. The molecule has 0 fully saturated rings. The Kier molecular flexibility index (Phi) is 21.4. The minimum absolute atomic E-state index is 0. The van der Waals surface area contributed by atoms with E-state index < -0.39 is 11.1 Å². The van der Waals surface area contributed by atoms with Crippen LogP contribution in [0.2, 0.25) is 0 Å². The topological polar surface area (TPSA) is 57.2 Å². The molecule has 0 aliphatic carbocycles. The van der Waals surface area contributed by atoms with Crippen LogP contribution in [0.4, 0.5) is 0 Å². The first-order chi connectivity index (χ1) is 3.63. The maximum atomic E-state index is 9.87. The second-order valence-electron chi connectivity index (χ2n) is 1.24. The number of carboxylic acids is 1. The van der Waals surface area contributed by atoms with Gasteiger partial charge in [-0.1, -0.05) is 0 Å². The van der Waals surface area contributed by atoms with Crippen molar-refractivity contribution < 1.29 is 117 Å². The van der Waals surface area contributed by atoms with Gasteiger partial charge in [-0.05, 0) is 12.8 Å². The summed E-state index contributed by atoms with van der Waals surface area (Å²) in [7, 11) is 0. The first kappa shape index (κ1) is 18.4. The monoisotopic (exact) mass is 210 g/mol. The van der Waals surface area contributed by atoms with Crippen LogP contribution in [-0.2, 0) is 22.2 Å². The van der Waals surface area contributed by atoms with Gasteiger partial charge in [0.15, 0.2) is 0 Å². The van der Waals surface area contributed by atoms with E-state index in [9.17, 15) is 14.7 Å². The minimum atomic E-state index is -1.23. The standard InChI is InChI=1S/C4H6O3S.2K/c5-3(6)1-2-4(7)8;;/h1-2H2,(H,5,6)(H,7,8);;/q;2*+1/p-2. The van der Waals surface area contributed by atoms with Crippen molar-refractivity contribution in [3.63, 3.8) is 0 Å². The van der Waals surface area contributed by atoms with Crippen LogP contribution in [0.15, 0.2) is 0 Å². The van der Waals surface area contributed by atoms with Gasteiger partial charge >= 0.3 is 103 Å². The molecular formula is C4H4K2O3S. The van der Waals surface area contributed by atoms with Gasteiger partial charge in [-0.3, -0.25) is 0 Å². The normalized spacial score (nSPS) is 6.80. The molecule has 0 atom stereocenters. The van der Waals surface area contributed by atoms with E-state index >= 15 is 0 Å². The van der Waals surface area contributed by atoms with Crippen molar-refractivity contribution in [1.82, 2.24) is 0 Å². The molecule has 0 aromatic rings. The van der Waals surface area contributed by atoms with Gasteiger partial charge in [-0.2, -0.15) is 0 Å². The summed E-state index contributed by atoms with van der Waals surface area (Å²) >= 11 is 4.07. The predicted octanol–water partition coefficient (Wildman–Crippen LogP) is -7.40. The van der Waals surface area contributed by atoms with Crippen molar-refractivity contribution in [3.05, 3.63) is 0 Å². The van der Waals surface area contributed by atoms with Crippen LogP contribution in [-0.4, -0.2) is 11.1 Å². The van der Waals surface area contributed by atoms with Crippen LogP contribution in [0.3, 0.4) is 0 Å². The summed E-state index contributed by atoms with van der Waals surface area (Å²) in [5, 5.41) is 9.06. The molecule has 0 bridgehead atoms. The zero-order valence-electron chi connectivity index (χ0n) is 6.05. The first-order valence-corrected chi connectivity index (χ1v) is 2.43. The Morgan fingerprint density at radius 1 is 1.20 bits per heavy atom. The Morgan fingerprint density at radius 2 is 1.60 bits per heavy atom. The minimum Gasteiger partial charge on any atom is -0.742 e. The van der Waals surface area contributed by atoms with Crippen LogP contribution in [0.5, 0.6) is 0 Å². The summed E-state index contributed by atoms with van der Waals surface area (Å²) in [6.45, 7) is 0. The molecule has 0 aromatic heterocycles. The molecule has 0 saturated heterocycles. The van der Waals surface area contributed by atoms with Crippen LogP contribution < -0.4 is 108 Å². The van der Waals surface area contributed by atoms with E-state index in [1.807, 2.05) is 0 Å². The van der Waals surface area contributed by atoms with Gasteiger partial charge in [0.1, 0.15) is 0 Å². The van der Waals surface area contributed by atoms with Crippen LogP contribution in [0.1, 0.15) is 12.8 Å². The maximum Gasteiger partial charge on any atom is 1.00 e. The van der Waals surface area contributed by atoms with Gasteiger partial charge in [0, 0.05) is 11.1 Å². The van der Waals surface area contributed by atoms with E-state index in [-0.39, 0.29) is 116 Å². The summed E-state index contributed by atoms with van der Waals surface area (Å²) in [4.78, 5) is 19.5. The molecule has 46 valence electrons. The third kappa shape index (κ3) is 16.9. The summed E-state index contributed by atoms with van der Waals surface area (Å²) < 4.78 is 0. The molecule has 6 heteroatoms. The third-order valence-electron chi connectivity index (χ3n) is 0.533. The van der Waals surface area contributed by atoms with E-state index in [0.717, 1.165) is 0 Å². The van der Waals surface area contributed by atoms with Crippen LogP contribution in [0.25, 0.3) is 0 Å². The van der Waals surface area contributed by atoms with Gasteiger partial charge in [0.2, 0.25) is 0 Å². The fourth-order valence-electron chi connectivity index (χ4n) is 0.204. The fourth-order valence-corrected chi connectivity index (χ4v) is 0.306. The first-order valence-electron chi connectivity index (χ1n) is 2.02. The van der Waals surface area contributed by atoms with Gasteiger partial charge in [0.25, 0.3) is 0 Å². The van der Waals surface area contributed by atoms with Gasteiger partial charge in [-0.25, -0.2) is 0 Å². The van der Waals surface area contributed by atoms with E-state index in [1.54, 1.807) is 0 Å². The Morgan fingerprint density at radius 3 is 1.70 bits per heavy atom. The number of carboxylic acid groups (broad SMARTS) is 1. The van der Waals surface area contributed by atoms with Crippen LogP contribution in [0, 0.1) is 0 Å². The Labute approximate surface area is 150 Å². The molecule has 0 saturated carbocycles. The van der Waals surface area contributed by atoms with Crippen molar-refractivity contribution in [2.45, 2.75) is 12.8 Å². The van der Waals surface area contributed by atoms with Gasteiger partial charge in [-0.15, -0.1) is 0 Å². The number of carbonyl (C=O) groups excluding carboxylic acids is 2. The second-order valence-corrected chi connectivity index (χ2v) is 1.70. The van der Waals surface area contributed by atoms with Crippen molar-refractivity contribution in [1.29, 1.82) is 0 Å². The SMILES string of the molecule is O=C([O-])CCC(=O)[S-].[K+].[K+]. The second kappa shape index (κ2) is 11.6. The van der Waals surface area contributed by atoms with Crippen LogP contribution >= 0.6 is 0 Å². The largest absolute Gasteiger partial charge is 1.00 e. The quantitative estimate of drug-likeness (QED) is 0.343. The molecule has 0 aromatic carbocycles. The Balaban J connectivity index is -0.000000245. The zero-order valence-corrected chi connectivity index (χ0v) is 13.1. The summed E-state index contributed by atoms with van der Waals surface area (Å²) in [6.07, 6.45) is -0.361. The average molecular weight is 210 g/mol. The Hall–Kier alpha value is 2.63. The van der Waals surface area contributed by atoms with E-state index in [2.05, 4.69) is 12.6 Å². The predicted molar refractivity (Wildman–Crippen MR) is 26.6 cm³/mol. The molecule has 0 amide bonds. The third-order valence-corrected chi connectivity index (χ3v) is 0.737. The molecule has 0 unspecified atom stereocenters. The van der Waals surface area contributed by atoms with E-state index in [0.29, 0.717) is 0 Å².